The summed E-state index contributed by atoms with van der Waals surface area (Å²) in [5.41, 5.74) is 5.04. The summed E-state index contributed by atoms with van der Waals surface area (Å²) in [7, 11) is 0. The minimum absolute atomic E-state index is 0.272. The average Bonchev–Trinajstić information content (AvgIpc) is 3.46. The summed E-state index contributed by atoms with van der Waals surface area (Å²) in [6, 6.07) is 20.0. The minimum Gasteiger partial charge on any atom is -0.488 e. The Balaban J connectivity index is 1.45. The van der Waals surface area contributed by atoms with E-state index in [0.717, 1.165) is 11.1 Å². The molecule has 0 spiro atoms. The zero-order valence-electron chi connectivity index (χ0n) is 15.7. The van der Waals surface area contributed by atoms with Crippen LogP contribution in [0.2, 0.25) is 5.02 Å². The lowest BCUT2D eigenvalue weighted by Crippen LogP contribution is -2.17. The van der Waals surface area contributed by atoms with Crippen molar-refractivity contribution < 1.29 is 13.9 Å². The topological polar surface area (TPSA) is 92.5 Å². The van der Waals surface area contributed by atoms with Gasteiger partial charge in [0.25, 0.3) is 5.91 Å². The van der Waals surface area contributed by atoms with E-state index < -0.39 is 5.91 Å². The predicted octanol–water partition coefficient (Wildman–Crippen LogP) is 4.67. The minimum atomic E-state index is -0.420. The maximum atomic E-state index is 12.3. The van der Waals surface area contributed by atoms with Gasteiger partial charge in [-0.05, 0) is 48.0 Å². The van der Waals surface area contributed by atoms with Gasteiger partial charge in [0, 0.05) is 10.6 Å². The number of nitrogens with one attached hydrogen (secondary N) is 2. The van der Waals surface area contributed by atoms with Crippen molar-refractivity contribution >= 4 is 23.7 Å². The Bertz CT molecular complexity index is 1150. The fourth-order valence-corrected chi connectivity index (χ4v) is 2.83. The summed E-state index contributed by atoms with van der Waals surface area (Å²) in [4.78, 5) is 12.3. The first kappa shape index (κ1) is 19.5. The molecule has 0 atom stereocenters. The molecule has 2 heterocycles. The molecule has 2 aromatic carbocycles. The molecule has 0 aliphatic rings. The number of halogens is 1. The number of hydrogen-bond donors (Lipinski definition) is 2. The van der Waals surface area contributed by atoms with Gasteiger partial charge in [0.1, 0.15) is 23.8 Å². The third kappa shape index (κ3) is 4.76. The molecule has 0 fully saturated rings. The Kier molecular flexibility index (Phi) is 5.91. The van der Waals surface area contributed by atoms with Crippen LogP contribution >= 0.6 is 11.6 Å². The van der Waals surface area contributed by atoms with Crippen LogP contribution in [0.3, 0.4) is 0 Å². The molecule has 0 saturated carbocycles. The van der Waals surface area contributed by atoms with Crippen molar-refractivity contribution in [2.24, 2.45) is 5.10 Å². The largest absolute Gasteiger partial charge is 0.488 e. The van der Waals surface area contributed by atoms with Crippen LogP contribution in [0.4, 0.5) is 0 Å². The number of carbonyl (C=O) groups excluding carboxylic acids is 1. The van der Waals surface area contributed by atoms with Gasteiger partial charge in [-0.1, -0.05) is 35.9 Å². The van der Waals surface area contributed by atoms with E-state index in [9.17, 15) is 4.79 Å². The van der Waals surface area contributed by atoms with Crippen LogP contribution in [0.5, 0.6) is 5.75 Å². The molecule has 7 nitrogen and oxygen atoms in total. The molecule has 2 aromatic heterocycles. The monoisotopic (exact) mass is 420 g/mol. The SMILES string of the molecule is O=C(N/N=C/c1ccco1)c1cc(-c2ccccc2OCc2ccc(Cl)cc2)n[nH]1. The van der Waals surface area contributed by atoms with Gasteiger partial charge >= 0.3 is 0 Å². The third-order valence-electron chi connectivity index (χ3n) is 4.19. The lowest BCUT2D eigenvalue weighted by molar-refractivity contribution is 0.0950. The van der Waals surface area contributed by atoms with Crippen molar-refractivity contribution in [3.8, 4) is 17.0 Å². The van der Waals surface area contributed by atoms with Crippen LogP contribution in [0.15, 0.2) is 82.5 Å². The number of nitrogens with zero attached hydrogens (tertiary/aromatic N) is 2. The number of benzene rings is 2. The molecule has 0 aliphatic carbocycles. The van der Waals surface area contributed by atoms with Gasteiger partial charge in [0.15, 0.2) is 0 Å². The number of aromatic amines is 1. The van der Waals surface area contributed by atoms with Crippen LogP contribution in [-0.2, 0) is 6.61 Å². The molecule has 4 aromatic rings. The van der Waals surface area contributed by atoms with Gasteiger partial charge in [-0.25, -0.2) is 5.43 Å². The first-order valence-corrected chi connectivity index (χ1v) is 9.46. The highest BCUT2D eigenvalue weighted by Gasteiger charge is 2.14. The fourth-order valence-electron chi connectivity index (χ4n) is 2.70. The van der Waals surface area contributed by atoms with E-state index in [0.29, 0.717) is 28.8 Å². The van der Waals surface area contributed by atoms with Crippen molar-refractivity contribution in [1.82, 2.24) is 15.6 Å². The molecule has 0 unspecified atom stereocenters. The normalized spacial score (nSPS) is 11.0. The van der Waals surface area contributed by atoms with E-state index in [1.54, 1.807) is 18.2 Å². The fraction of sp³-hybridized carbons (Fsp3) is 0.0455. The summed E-state index contributed by atoms with van der Waals surface area (Å²) >= 11 is 5.92. The van der Waals surface area contributed by atoms with Crippen molar-refractivity contribution in [1.29, 1.82) is 0 Å². The van der Waals surface area contributed by atoms with Crippen LogP contribution in [0.1, 0.15) is 21.8 Å². The predicted molar refractivity (Wildman–Crippen MR) is 114 cm³/mol. The second-order valence-corrected chi connectivity index (χ2v) is 6.73. The van der Waals surface area contributed by atoms with Gasteiger partial charge in [0.2, 0.25) is 0 Å². The number of ether oxygens (including phenoxy) is 1. The van der Waals surface area contributed by atoms with Gasteiger partial charge in [-0.15, -0.1) is 0 Å². The number of rotatable bonds is 7. The van der Waals surface area contributed by atoms with Crippen LogP contribution < -0.4 is 10.2 Å². The summed E-state index contributed by atoms with van der Waals surface area (Å²) in [5.74, 6) is 0.769. The summed E-state index contributed by atoms with van der Waals surface area (Å²) in [6.45, 7) is 0.382. The lowest BCUT2D eigenvalue weighted by atomic mass is 10.1. The van der Waals surface area contributed by atoms with E-state index in [1.807, 2.05) is 48.5 Å². The Morgan fingerprint density at radius 1 is 1.17 bits per heavy atom. The molecule has 30 heavy (non-hydrogen) atoms. The van der Waals surface area contributed by atoms with Gasteiger partial charge in [-0.3, -0.25) is 9.89 Å². The quantitative estimate of drug-likeness (QED) is 0.336. The van der Waals surface area contributed by atoms with Crippen molar-refractivity contribution in [2.75, 3.05) is 0 Å². The number of hydrogen-bond acceptors (Lipinski definition) is 5. The van der Waals surface area contributed by atoms with Crippen molar-refractivity contribution in [3.05, 3.63) is 95.0 Å². The lowest BCUT2D eigenvalue weighted by Gasteiger charge is -2.10. The average molecular weight is 421 g/mol. The van der Waals surface area contributed by atoms with E-state index >= 15 is 0 Å². The van der Waals surface area contributed by atoms with E-state index in [1.165, 1.54) is 12.5 Å². The molecule has 0 saturated heterocycles. The van der Waals surface area contributed by atoms with Gasteiger partial charge < -0.3 is 9.15 Å². The Morgan fingerprint density at radius 2 is 2.00 bits per heavy atom. The van der Waals surface area contributed by atoms with Crippen molar-refractivity contribution in [3.63, 3.8) is 0 Å². The molecule has 0 aliphatic heterocycles. The maximum absolute atomic E-state index is 12.3. The van der Waals surface area contributed by atoms with Crippen LogP contribution in [-0.4, -0.2) is 22.3 Å². The van der Waals surface area contributed by atoms with E-state index in [4.69, 9.17) is 20.8 Å². The van der Waals surface area contributed by atoms with E-state index in [-0.39, 0.29) is 5.69 Å². The molecule has 1 amide bonds. The smallest absolute Gasteiger partial charge is 0.289 e. The second-order valence-electron chi connectivity index (χ2n) is 6.29. The summed E-state index contributed by atoms with van der Waals surface area (Å²) in [5, 5.41) is 11.5. The summed E-state index contributed by atoms with van der Waals surface area (Å²) in [6.07, 6.45) is 2.94. The number of carbonyl (C=O) groups is 1. The zero-order valence-corrected chi connectivity index (χ0v) is 16.5. The molecular weight excluding hydrogens is 404 g/mol. The van der Waals surface area contributed by atoms with Crippen molar-refractivity contribution in [2.45, 2.75) is 6.61 Å². The van der Waals surface area contributed by atoms with Gasteiger partial charge in [-0.2, -0.15) is 10.2 Å². The number of H-pyrrole nitrogens is 1. The zero-order chi connectivity index (χ0) is 20.8. The molecule has 4 rings (SSSR count). The molecular formula is C22H17ClN4O3. The number of amides is 1. The standard InChI is InChI=1S/C22H17ClN4O3/c23-16-9-7-15(8-10-16)14-30-21-6-2-1-5-18(21)19-12-20(26-25-19)22(28)27-24-13-17-4-3-11-29-17/h1-13H,14H2,(H,25,26)(H,27,28)/b24-13+. The molecule has 0 bridgehead atoms. The van der Waals surface area contributed by atoms with Crippen LogP contribution in [0.25, 0.3) is 11.3 Å². The first-order chi connectivity index (χ1) is 14.7. The molecule has 0 radical (unpaired) electrons. The number of furan rings is 1. The van der Waals surface area contributed by atoms with E-state index in [2.05, 4.69) is 20.7 Å². The molecule has 150 valence electrons. The highest BCUT2D eigenvalue weighted by atomic mass is 35.5. The Hall–Kier alpha value is -3.84. The number of para-hydroxylation sites is 1. The molecule has 2 N–H and O–H groups in total. The highest BCUT2D eigenvalue weighted by molar-refractivity contribution is 6.30. The highest BCUT2D eigenvalue weighted by Crippen LogP contribution is 2.29. The Labute approximate surface area is 177 Å². The number of hydrazone groups is 1. The number of aromatic nitrogens is 2. The summed E-state index contributed by atoms with van der Waals surface area (Å²) < 4.78 is 11.1. The molecule has 8 heteroatoms. The first-order valence-electron chi connectivity index (χ1n) is 9.08. The Morgan fingerprint density at radius 3 is 2.80 bits per heavy atom. The third-order valence-corrected chi connectivity index (χ3v) is 4.45. The second kappa shape index (κ2) is 9.11. The maximum Gasteiger partial charge on any atom is 0.289 e. The van der Waals surface area contributed by atoms with Crippen LogP contribution in [0, 0.1) is 0 Å². The van der Waals surface area contributed by atoms with Gasteiger partial charge in [0.05, 0.1) is 18.2 Å².